The van der Waals surface area contributed by atoms with Crippen molar-refractivity contribution >= 4 is 5.91 Å². The third kappa shape index (κ3) is 3.67. The van der Waals surface area contributed by atoms with Crippen LogP contribution in [0.15, 0.2) is 18.2 Å². The Labute approximate surface area is 126 Å². The van der Waals surface area contributed by atoms with Gasteiger partial charge >= 0.3 is 0 Å². The van der Waals surface area contributed by atoms with Crippen LogP contribution in [0.3, 0.4) is 0 Å². The molecule has 1 unspecified atom stereocenters. The van der Waals surface area contributed by atoms with Crippen LogP contribution in [-0.4, -0.2) is 51.2 Å². The van der Waals surface area contributed by atoms with E-state index >= 15 is 0 Å². The van der Waals surface area contributed by atoms with E-state index in [1.54, 1.807) is 14.2 Å². The topological polar surface area (TPSA) is 50.8 Å². The zero-order valence-electron chi connectivity index (χ0n) is 13.0. The van der Waals surface area contributed by atoms with Crippen molar-refractivity contribution in [3.8, 4) is 11.5 Å². The fraction of sp³-hybridized carbons (Fsp3) is 0.562. The van der Waals surface area contributed by atoms with Crippen molar-refractivity contribution in [1.29, 1.82) is 0 Å². The average Bonchev–Trinajstić information content (AvgIpc) is 2.54. The molecule has 1 aliphatic rings. The second-order valence-electron chi connectivity index (χ2n) is 5.29. The molecule has 1 heterocycles. The van der Waals surface area contributed by atoms with Gasteiger partial charge in [0.25, 0.3) is 0 Å². The number of amides is 1. The number of methoxy groups -OCH3 is 2. The SMILES string of the molecule is CNC1CCCN(C(=O)Cc2c(OC)cccc2OC)C1. The molecule has 1 saturated heterocycles. The predicted octanol–water partition coefficient (Wildman–Crippen LogP) is 1.46. The molecule has 0 aliphatic carbocycles. The summed E-state index contributed by atoms with van der Waals surface area (Å²) in [5, 5.41) is 3.25. The Morgan fingerprint density at radius 3 is 2.57 bits per heavy atom. The summed E-state index contributed by atoms with van der Waals surface area (Å²) in [6.07, 6.45) is 2.47. The predicted molar refractivity (Wildman–Crippen MR) is 81.9 cm³/mol. The summed E-state index contributed by atoms with van der Waals surface area (Å²) < 4.78 is 10.7. The fourth-order valence-electron chi connectivity index (χ4n) is 2.80. The van der Waals surface area contributed by atoms with Crippen LogP contribution >= 0.6 is 0 Å². The molecule has 0 bridgehead atoms. The molecule has 1 aromatic rings. The largest absolute Gasteiger partial charge is 0.496 e. The molecule has 0 radical (unpaired) electrons. The summed E-state index contributed by atoms with van der Waals surface area (Å²) in [5.41, 5.74) is 0.819. The van der Waals surface area contributed by atoms with Crippen molar-refractivity contribution in [2.24, 2.45) is 0 Å². The molecule has 1 aliphatic heterocycles. The summed E-state index contributed by atoms with van der Waals surface area (Å²) in [6, 6.07) is 5.97. The van der Waals surface area contributed by atoms with E-state index in [1.807, 2.05) is 30.1 Å². The van der Waals surface area contributed by atoms with Crippen LogP contribution in [-0.2, 0) is 11.2 Å². The van der Waals surface area contributed by atoms with E-state index in [9.17, 15) is 4.79 Å². The number of nitrogens with one attached hydrogen (secondary N) is 1. The highest BCUT2D eigenvalue weighted by molar-refractivity contribution is 5.80. The normalized spacial score (nSPS) is 18.4. The minimum absolute atomic E-state index is 0.123. The van der Waals surface area contributed by atoms with Gasteiger partial charge in [-0.2, -0.15) is 0 Å². The highest BCUT2D eigenvalue weighted by atomic mass is 16.5. The number of rotatable bonds is 5. The Kier molecular flexibility index (Phi) is 5.44. The van der Waals surface area contributed by atoms with Crippen LogP contribution in [0.25, 0.3) is 0 Å². The number of nitrogens with zero attached hydrogens (tertiary/aromatic N) is 1. The van der Waals surface area contributed by atoms with Crippen LogP contribution in [0.2, 0.25) is 0 Å². The molecule has 1 N–H and O–H groups in total. The van der Waals surface area contributed by atoms with E-state index < -0.39 is 0 Å². The average molecular weight is 292 g/mol. The molecule has 1 aromatic carbocycles. The van der Waals surface area contributed by atoms with Crippen LogP contribution in [0.5, 0.6) is 11.5 Å². The number of likely N-dealkylation sites (N-methyl/N-ethyl adjacent to an activating group) is 1. The van der Waals surface area contributed by atoms with Crippen molar-refractivity contribution in [2.45, 2.75) is 25.3 Å². The van der Waals surface area contributed by atoms with Gasteiger partial charge in [-0.3, -0.25) is 4.79 Å². The van der Waals surface area contributed by atoms with E-state index in [2.05, 4.69) is 5.32 Å². The van der Waals surface area contributed by atoms with E-state index in [1.165, 1.54) is 0 Å². The smallest absolute Gasteiger partial charge is 0.227 e. The van der Waals surface area contributed by atoms with Crippen molar-refractivity contribution < 1.29 is 14.3 Å². The van der Waals surface area contributed by atoms with Crippen molar-refractivity contribution in [1.82, 2.24) is 10.2 Å². The maximum atomic E-state index is 12.6. The fourth-order valence-corrected chi connectivity index (χ4v) is 2.80. The lowest BCUT2D eigenvalue weighted by molar-refractivity contribution is -0.131. The maximum Gasteiger partial charge on any atom is 0.227 e. The minimum atomic E-state index is 0.123. The summed E-state index contributed by atoms with van der Waals surface area (Å²) in [7, 11) is 5.17. The van der Waals surface area contributed by atoms with E-state index in [0.717, 1.165) is 31.5 Å². The number of ether oxygens (including phenoxy) is 2. The van der Waals surface area contributed by atoms with E-state index in [-0.39, 0.29) is 5.91 Å². The van der Waals surface area contributed by atoms with Crippen LogP contribution in [0.1, 0.15) is 18.4 Å². The third-order valence-corrected chi connectivity index (χ3v) is 4.04. The number of carbonyl (C=O) groups is 1. The monoisotopic (exact) mass is 292 g/mol. The highest BCUT2D eigenvalue weighted by Crippen LogP contribution is 2.29. The summed E-state index contributed by atoms with van der Waals surface area (Å²) in [4.78, 5) is 14.5. The van der Waals surface area contributed by atoms with E-state index in [4.69, 9.17) is 9.47 Å². The van der Waals surface area contributed by atoms with Crippen molar-refractivity contribution in [2.75, 3.05) is 34.4 Å². The Hall–Kier alpha value is -1.75. The van der Waals surface area contributed by atoms with Gasteiger partial charge in [-0.05, 0) is 32.0 Å². The molecule has 21 heavy (non-hydrogen) atoms. The summed E-state index contributed by atoms with van der Waals surface area (Å²) >= 11 is 0. The number of piperidine rings is 1. The van der Waals surface area contributed by atoms with E-state index in [0.29, 0.717) is 24.0 Å². The lowest BCUT2D eigenvalue weighted by Crippen LogP contribution is -2.47. The van der Waals surface area contributed by atoms with Gasteiger partial charge in [0.05, 0.1) is 20.6 Å². The molecule has 1 fully saturated rings. The maximum absolute atomic E-state index is 12.6. The number of likely N-dealkylation sites (tertiary alicyclic amines) is 1. The molecule has 116 valence electrons. The van der Waals surface area contributed by atoms with Crippen molar-refractivity contribution in [3.05, 3.63) is 23.8 Å². The first-order valence-corrected chi connectivity index (χ1v) is 7.34. The van der Waals surface area contributed by atoms with Gasteiger partial charge in [0.2, 0.25) is 5.91 Å². The number of benzene rings is 1. The minimum Gasteiger partial charge on any atom is -0.496 e. The van der Waals surface area contributed by atoms with Crippen LogP contribution < -0.4 is 14.8 Å². The second kappa shape index (κ2) is 7.31. The standard InChI is InChI=1S/C16H24N2O3/c1-17-12-6-5-9-18(11-12)16(19)10-13-14(20-2)7-4-8-15(13)21-3/h4,7-8,12,17H,5-6,9-11H2,1-3H3. The molecule has 5 nitrogen and oxygen atoms in total. The molecule has 1 atom stereocenters. The van der Waals surface area contributed by atoms with Gasteiger partial charge < -0.3 is 19.7 Å². The zero-order valence-corrected chi connectivity index (χ0v) is 13.0. The highest BCUT2D eigenvalue weighted by Gasteiger charge is 2.24. The van der Waals surface area contributed by atoms with Gasteiger partial charge in [0.15, 0.2) is 0 Å². The molecule has 0 spiro atoms. The lowest BCUT2D eigenvalue weighted by Gasteiger charge is -2.32. The third-order valence-electron chi connectivity index (χ3n) is 4.04. The first-order valence-electron chi connectivity index (χ1n) is 7.34. The Bertz CT molecular complexity index is 468. The number of carbonyl (C=O) groups excluding carboxylic acids is 1. The van der Waals surface area contributed by atoms with Crippen LogP contribution in [0.4, 0.5) is 0 Å². The van der Waals surface area contributed by atoms with Gasteiger partial charge in [-0.1, -0.05) is 6.07 Å². The van der Waals surface area contributed by atoms with Crippen LogP contribution in [0, 0.1) is 0 Å². The van der Waals surface area contributed by atoms with Gasteiger partial charge in [-0.25, -0.2) is 0 Å². The Morgan fingerprint density at radius 2 is 2.00 bits per heavy atom. The Morgan fingerprint density at radius 1 is 1.33 bits per heavy atom. The molecule has 1 amide bonds. The molecular weight excluding hydrogens is 268 g/mol. The molecule has 0 saturated carbocycles. The van der Waals surface area contributed by atoms with Gasteiger partial charge in [-0.15, -0.1) is 0 Å². The van der Waals surface area contributed by atoms with Gasteiger partial charge in [0.1, 0.15) is 11.5 Å². The Balaban J connectivity index is 2.12. The molecule has 0 aromatic heterocycles. The second-order valence-corrected chi connectivity index (χ2v) is 5.29. The summed E-state index contributed by atoms with van der Waals surface area (Å²) in [6.45, 7) is 1.60. The molecular formula is C16H24N2O3. The van der Waals surface area contributed by atoms with Gasteiger partial charge in [0, 0.05) is 24.7 Å². The summed E-state index contributed by atoms with van der Waals surface area (Å²) in [5.74, 6) is 1.52. The quantitative estimate of drug-likeness (QED) is 0.892. The molecule has 2 rings (SSSR count). The first-order chi connectivity index (χ1) is 10.2. The van der Waals surface area contributed by atoms with Crippen molar-refractivity contribution in [3.63, 3.8) is 0 Å². The lowest BCUT2D eigenvalue weighted by atomic mass is 10.0. The molecule has 5 heteroatoms. The number of hydrogen-bond donors (Lipinski definition) is 1. The number of hydrogen-bond acceptors (Lipinski definition) is 4. The zero-order chi connectivity index (χ0) is 15.2. The first kappa shape index (κ1) is 15.6.